The summed E-state index contributed by atoms with van der Waals surface area (Å²) in [5, 5.41) is 18.4. The van der Waals surface area contributed by atoms with Crippen molar-refractivity contribution in [3.8, 4) is 6.07 Å². The van der Waals surface area contributed by atoms with Crippen molar-refractivity contribution in [3.63, 3.8) is 0 Å². The second-order valence-corrected chi connectivity index (χ2v) is 4.81. The lowest BCUT2D eigenvalue weighted by Crippen LogP contribution is -2.33. The van der Waals surface area contributed by atoms with Crippen LogP contribution in [-0.4, -0.2) is 11.2 Å². The highest BCUT2D eigenvalue weighted by atomic mass is 16.3. The molecule has 1 aliphatic carbocycles. The quantitative estimate of drug-likeness (QED) is 0.620. The molecule has 1 N–H and O–H groups in total. The first-order valence-corrected chi connectivity index (χ1v) is 4.74. The van der Waals surface area contributed by atoms with Crippen LogP contribution in [0.3, 0.4) is 0 Å². The van der Waals surface area contributed by atoms with Gasteiger partial charge in [-0.15, -0.1) is 0 Å². The largest absolute Gasteiger partial charge is 0.389 e. The lowest BCUT2D eigenvalue weighted by Gasteiger charge is -2.35. The zero-order valence-corrected chi connectivity index (χ0v) is 8.54. The fourth-order valence-corrected chi connectivity index (χ4v) is 1.93. The summed E-state index contributed by atoms with van der Waals surface area (Å²) in [5.74, 6) is 0.282. The Bertz CT molecular complexity index is 254. The van der Waals surface area contributed by atoms with Gasteiger partial charge in [-0.1, -0.05) is 20.8 Å². The van der Waals surface area contributed by atoms with Gasteiger partial charge in [-0.2, -0.15) is 5.26 Å². The molecule has 0 saturated heterocycles. The number of allylic oxidation sites excluding steroid dienone is 1. The van der Waals surface area contributed by atoms with Crippen LogP contribution in [0.4, 0.5) is 0 Å². The summed E-state index contributed by atoms with van der Waals surface area (Å²) in [4.78, 5) is 0. The van der Waals surface area contributed by atoms with E-state index in [1.54, 1.807) is 6.08 Å². The monoisotopic (exact) mass is 179 g/mol. The van der Waals surface area contributed by atoms with Crippen molar-refractivity contribution in [1.82, 2.24) is 0 Å². The van der Waals surface area contributed by atoms with Crippen molar-refractivity contribution in [2.45, 2.75) is 39.7 Å². The Kier molecular flexibility index (Phi) is 2.77. The van der Waals surface area contributed by atoms with Gasteiger partial charge >= 0.3 is 0 Å². The number of nitriles is 1. The molecule has 0 amide bonds. The molecule has 0 aromatic carbocycles. The average molecular weight is 179 g/mol. The Labute approximate surface area is 79.9 Å². The highest BCUT2D eigenvalue weighted by molar-refractivity contribution is 5.25. The van der Waals surface area contributed by atoms with Gasteiger partial charge in [0.25, 0.3) is 0 Å². The molecule has 0 bridgehead atoms. The predicted molar refractivity (Wildman–Crippen MR) is 51.9 cm³/mol. The molecule has 13 heavy (non-hydrogen) atoms. The zero-order valence-electron chi connectivity index (χ0n) is 8.54. The highest BCUT2D eigenvalue weighted by Crippen LogP contribution is 2.37. The Morgan fingerprint density at radius 1 is 1.54 bits per heavy atom. The first-order valence-electron chi connectivity index (χ1n) is 4.74. The van der Waals surface area contributed by atoms with Crippen molar-refractivity contribution in [2.24, 2.45) is 11.3 Å². The molecule has 0 aromatic heterocycles. The van der Waals surface area contributed by atoms with Crippen LogP contribution < -0.4 is 0 Å². The van der Waals surface area contributed by atoms with Crippen LogP contribution in [0.15, 0.2) is 11.6 Å². The maximum atomic E-state index is 9.78. The molecule has 1 rings (SSSR count). The van der Waals surface area contributed by atoms with Gasteiger partial charge in [0, 0.05) is 5.57 Å². The highest BCUT2D eigenvalue weighted by Gasteiger charge is 2.32. The molecule has 72 valence electrons. The molecule has 2 atom stereocenters. The van der Waals surface area contributed by atoms with Crippen LogP contribution in [0.25, 0.3) is 0 Å². The van der Waals surface area contributed by atoms with Gasteiger partial charge < -0.3 is 5.11 Å². The van der Waals surface area contributed by atoms with E-state index in [2.05, 4.69) is 26.8 Å². The lowest BCUT2D eigenvalue weighted by molar-refractivity contribution is 0.0640. The van der Waals surface area contributed by atoms with Gasteiger partial charge in [-0.05, 0) is 30.3 Å². The summed E-state index contributed by atoms with van der Waals surface area (Å²) in [5.41, 5.74) is 0.852. The van der Waals surface area contributed by atoms with Gasteiger partial charge in [0.15, 0.2) is 0 Å². The Hall–Kier alpha value is -0.810. The Morgan fingerprint density at radius 2 is 2.15 bits per heavy atom. The van der Waals surface area contributed by atoms with E-state index in [1.165, 1.54) is 0 Å². The fourth-order valence-electron chi connectivity index (χ4n) is 1.93. The minimum absolute atomic E-state index is 0.122. The molecule has 0 aliphatic heterocycles. The second-order valence-electron chi connectivity index (χ2n) is 4.81. The summed E-state index contributed by atoms with van der Waals surface area (Å²) < 4.78 is 0. The molecule has 0 radical (unpaired) electrons. The average Bonchev–Trinajstić information content (AvgIpc) is 2.01. The third-order valence-electron chi connectivity index (χ3n) is 2.76. The molecule has 0 saturated carbocycles. The summed E-state index contributed by atoms with van der Waals surface area (Å²) in [6.45, 7) is 6.39. The van der Waals surface area contributed by atoms with Crippen LogP contribution in [0.1, 0.15) is 33.6 Å². The predicted octanol–water partition coefficient (Wildman–Crippen LogP) is 2.25. The first-order chi connectivity index (χ1) is 5.95. The van der Waals surface area contributed by atoms with E-state index in [9.17, 15) is 5.11 Å². The fraction of sp³-hybridized carbons (Fsp3) is 0.727. The van der Waals surface area contributed by atoms with Crippen LogP contribution in [0.5, 0.6) is 0 Å². The van der Waals surface area contributed by atoms with Crippen LogP contribution in [-0.2, 0) is 0 Å². The summed E-state index contributed by atoms with van der Waals surface area (Å²) in [7, 11) is 0. The van der Waals surface area contributed by atoms with E-state index in [1.807, 2.05) is 0 Å². The van der Waals surface area contributed by atoms with E-state index in [0.29, 0.717) is 0 Å². The SMILES string of the molecule is CC(C)(C)[C@@H]1CCC(C#N)=C[C@@H]1O. The van der Waals surface area contributed by atoms with Crippen LogP contribution >= 0.6 is 0 Å². The molecule has 0 heterocycles. The standard InChI is InChI=1S/C11H17NO/c1-11(2,3)9-5-4-8(7-12)6-10(9)13/h6,9-10,13H,4-5H2,1-3H3/t9-,10+/m1/s1. The molecule has 0 unspecified atom stereocenters. The second kappa shape index (κ2) is 3.51. The molecule has 2 nitrogen and oxygen atoms in total. The molecule has 0 fully saturated rings. The van der Waals surface area contributed by atoms with Gasteiger partial charge in [0.1, 0.15) is 0 Å². The van der Waals surface area contributed by atoms with Gasteiger partial charge in [0.05, 0.1) is 12.2 Å². The number of aliphatic hydroxyl groups excluding tert-OH is 1. The van der Waals surface area contributed by atoms with Crippen molar-refractivity contribution in [2.75, 3.05) is 0 Å². The minimum Gasteiger partial charge on any atom is -0.389 e. The van der Waals surface area contributed by atoms with Gasteiger partial charge in [-0.25, -0.2) is 0 Å². The molecule has 2 heteroatoms. The van der Waals surface area contributed by atoms with E-state index in [-0.39, 0.29) is 11.3 Å². The van der Waals surface area contributed by atoms with E-state index in [4.69, 9.17) is 5.26 Å². The third-order valence-corrected chi connectivity index (χ3v) is 2.76. The number of aliphatic hydroxyl groups is 1. The normalized spacial score (nSPS) is 29.3. The third kappa shape index (κ3) is 2.32. The van der Waals surface area contributed by atoms with Crippen molar-refractivity contribution >= 4 is 0 Å². The van der Waals surface area contributed by atoms with Crippen molar-refractivity contribution in [1.29, 1.82) is 5.26 Å². The van der Waals surface area contributed by atoms with E-state index < -0.39 is 6.10 Å². The van der Waals surface area contributed by atoms with Crippen molar-refractivity contribution < 1.29 is 5.11 Å². The van der Waals surface area contributed by atoms with Crippen LogP contribution in [0.2, 0.25) is 0 Å². The lowest BCUT2D eigenvalue weighted by atomic mass is 9.71. The van der Waals surface area contributed by atoms with Gasteiger partial charge in [0.2, 0.25) is 0 Å². The van der Waals surface area contributed by atoms with Gasteiger partial charge in [-0.3, -0.25) is 0 Å². The number of hydrogen-bond acceptors (Lipinski definition) is 2. The van der Waals surface area contributed by atoms with Crippen LogP contribution in [0, 0.1) is 22.7 Å². The topological polar surface area (TPSA) is 44.0 Å². The summed E-state index contributed by atoms with van der Waals surface area (Å²) in [6, 6.07) is 2.11. The van der Waals surface area contributed by atoms with E-state index in [0.717, 1.165) is 18.4 Å². The first kappa shape index (κ1) is 10.3. The number of rotatable bonds is 0. The maximum absolute atomic E-state index is 9.78. The molecule has 1 aliphatic rings. The number of hydrogen-bond donors (Lipinski definition) is 1. The minimum atomic E-state index is -0.441. The van der Waals surface area contributed by atoms with E-state index >= 15 is 0 Å². The summed E-state index contributed by atoms with van der Waals surface area (Å²) >= 11 is 0. The zero-order chi connectivity index (χ0) is 10.1. The maximum Gasteiger partial charge on any atom is 0.0944 e. The molecular weight excluding hydrogens is 162 g/mol. The van der Waals surface area contributed by atoms with Crippen molar-refractivity contribution in [3.05, 3.63) is 11.6 Å². The Balaban J connectivity index is 2.78. The molecule has 0 spiro atoms. The molecular formula is C11H17NO. The Morgan fingerprint density at radius 3 is 2.54 bits per heavy atom. The smallest absolute Gasteiger partial charge is 0.0944 e. The summed E-state index contributed by atoms with van der Waals surface area (Å²) in [6.07, 6.45) is 3.00. The molecule has 0 aromatic rings. The number of nitrogens with zero attached hydrogens (tertiary/aromatic N) is 1.